The van der Waals surface area contributed by atoms with Crippen molar-refractivity contribution >= 4 is 5.97 Å². The Kier molecular flexibility index (Phi) is 2.74. The first-order valence-electron chi connectivity index (χ1n) is 4.76. The number of phenolic OH excluding ortho intramolecular Hbond substituents is 1. The van der Waals surface area contributed by atoms with Crippen LogP contribution in [0.4, 0.5) is 4.39 Å². The van der Waals surface area contributed by atoms with Gasteiger partial charge in [-0.25, -0.2) is 14.2 Å². The summed E-state index contributed by atoms with van der Waals surface area (Å²) in [5, 5.41) is 18.4. The topological polar surface area (TPSA) is 70.4 Å². The lowest BCUT2D eigenvalue weighted by Gasteiger charge is -2.05. The zero-order chi connectivity index (χ0) is 12.4. The molecule has 0 unspecified atom stereocenters. The van der Waals surface area contributed by atoms with Crippen LogP contribution in [0.1, 0.15) is 10.5 Å². The fourth-order valence-corrected chi connectivity index (χ4v) is 1.46. The molecule has 0 spiro atoms. The van der Waals surface area contributed by atoms with Crippen LogP contribution in [0.15, 0.2) is 36.5 Å². The Labute approximate surface area is 96.0 Å². The van der Waals surface area contributed by atoms with Crippen molar-refractivity contribution < 1.29 is 19.4 Å². The molecule has 0 saturated carbocycles. The van der Waals surface area contributed by atoms with Gasteiger partial charge in [-0.3, -0.25) is 0 Å². The molecule has 0 aliphatic heterocycles. The second-order valence-corrected chi connectivity index (χ2v) is 3.40. The number of phenols is 1. The van der Waals surface area contributed by atoms with Gasteiger partial charge in [-0.1, -0.05) is 0 Å². The zero-order valence-electron chi connectivity index (χ0n) is 8.59. The Morgan fingerprint density at radius 2 is 2.00 bits per heavy atom. The molecule has 0 radical (unpaired) electrons. The molecule has 2 aromatic rings. The average Bonchev–Trinajstić information content (AvgIpc) is 2.29. The van der Waals surface area contributed by atoms with Crippen LogP contribution in [0.5, 0.6) is 5.75 Å². The number of rotatable bonds is 2. The van der Waals surface area contributed by atoms with Crippen molar-refractivity contribution in [2.45, 2.75) is 0 Å². The summed E-state index contributed by atoms with van der Waals surface area (Å²) in [7, 11) is 0. The summed E-state index contributed by atoms with van der Waals surface area (Å²) < 4.78 is 12.8. The minimum atomic E-state index is -1.16. The Morgan fingerprint density at radius 1 is 1.24 bits per heavy atom. The number of hydrogen-bond donors (Lipinski definition) is 2. The van der Waals surface area contributed by atoms with E-state index in [4.69, 9.17) is 5.11 Å². The lowest BCUT2D eigenvalue weighted by atomic mass is 10.0. The molecule has 86 valence electrons. The molecular formula is C12H8FNO3. The Morgan fingerprint density at radius 3 is 2.65 bits per heavy atom. The third-order valence-corrected chi connectivity index (χ3v) is 2.25. The molecule has 5 heteroatoms. The van der Waals surface area contributed by atoms with Gasteiger partial charge in [0.05, 0.1) is 0 Å². The predicted molar refractivity (Wildman–Crippen MR) is 58.3 cm³/mol. The van der Waals surface area contributed by atoms with Crippen LogP contribution < -0.4 is 0 Å². The zero-order valence-corrected chi connectivity index (χ0v) is 8.59. The maximum atomic E-state index is 12.8. The summed E-state index contributed by atoms with van der Waals surface area (Å²) in [6.07, 6.45) is 1.32. The van der Waals surface area contributed by atoms with Crippen LogP contribution in [0.2, 0.25) is 0 Å². The molecule has 0 aliphatic carbocycles. The summed E-state index contributed by atoms with van der Waals surface area (Å²) in [5.74, 6) is -1.96. The molecule has 1 aromatic heterocycles. The van der Waals surface area contributed by atoms with E-state index in [-0.39, 0.29) is 11.4 Å². The van der Waals surface area contributed by atoms with E-state index in [1.165, 1.54) is 24.4 Å². The van der Waals surface area contributed by atoms with Crippen LogP contribution in [-0.4, -0.2) is 21.2 Å². The van der Waals surface area contributed by atoms with Crippen molar-refractivity contribution in [1.82, 2.24) is 4.98 Å². The maximum absolute atomic E-state index is 12.8. The number of carboxylic acid groups (broad SMARTS) is 1. The molecule has 0 bridgehead atoms. The fraction of sp³-hybridized carbons (Fsp3) is 0. The highest BCUT2D eigenvalue weighted by Gasteiger charge is 2.09. The van der Waals surface area contributed by atoms with E-state index in [1.807, 2.05) is 0 Å². The molecule has 0 fully saturated rings. The van der Waals surface area contributed by atoms with Crippen molar-refractivity contribution in [1.29, 1.82) is 0 Å². The number of pyridine rings is 1. The van der Waals surface area contributed by atoms with Crippen LogP contribution in [0.25, 0.3) is 11.1 Å². The number of nitrogens with zero attached hydrogens (tertiary/aromatic N) is 1. The number of aromatic nitrogens is 1. The number of carboxylic acids is 1. The van der Waals surface area contributed by atoms with Gasteiger partial charge < -0.3 is 10.2 Å². The largest absolute Gasteiger partial charge is 0.507 e. The minimum absolute atomic E-state index is 0.133. The Bertz CT molecular complexity index is 584. The van der Waals surface area contributed by atoms with Crippen LogP contribution in [0.3, 0.4) is 0 Å². The third-order valence-electron chi connectivity index (χ3n) is 2.25. The highest BCUT2D eigenvalue weighted by molar-refractivity contribution is 5.87. The van der Waals surface area contributed by atoms with Crippen molar-refractivity contribution in [3.05, 3.63) is 48.0 Å². The molecule has 4 nitrogen and oxygen atoms in total. The second-order valence-electron chi connectivity index (χ2n) is 3.40. The monoisotopic (exact) mass is 233 g/mol. The van der Waals surface area contributed by atoms with Gasteiger partial charge >= 0.3 is 5.97 Å². The Hall–Kier alpha value is -2.43. The van der Waals surface area contributed by atoms with Gasteiger partial charge in [0.25, 0.3) is 0 Å². The molecule has 0 saturated heterocycles. The summed E-state index contributed by atoms with van der Waals surface area (Å²) >= 11 is 0. The molecule has 0 amide bonds. The molecule has 0 atom stereocenters. The molecule has 1 aromatic carbocycles. The summed E-state index contributed by atoms with van der Waals surface area (Å²) in [5.41, 5.74) is 0.692. The highest BCUT2D eigenvalue weighted by Crippen LogP contribution is 2.29. The maximum Gasteiger partial charge on any atom is 0.354 e. The smallest absolute Gasteiger partial charge is 0.354 e. The van der Waals surface area contributed by atoms with Crippen molar-refractivity contribution in [2.24, 2.45) is 0 Å². The van der Waals surface area contributed by atoms with Crippen LogP contribution in [-0.2, 0) is 0 Å². The summed E-state index contributed by atoms with van der Waals surface area (Å²) in [4.78, 5) is 14.4. The highest BCUT2D eigenvalue weighted by atomic mass is 19.1. The molecule has 0 aliphatic rings. The average molecular weight is 233 g/mol. The van der Waals surface area contributed by atoms with Gasteiger partial charge in [0, 0.05) is 17.8 Å². The van der Waals surface area contributed by atoms with Gasteiger partial charge in [0.2, 0.25) is 0 Å². The first-order chi connectivity index (χ1) is 8.08. The van der Waals surface area contributed by atoms with Crippen molar-refractivity contribution in [3.8, 4) is 16.9 Å². The standard InChI is InChI=1S/C12H8FNO3/c13-8-1-2-9(11(15)6-8)7-3-4-14-10(5-7)12(16)17/h1-6,15H,(H,16,17). The van der Waals surface area contributed by atoms with E-state index in [0.29, 0.717) is 11.1 Å². The number of halogens is 1. The van der Waals surface area contributed by atoms with Crippen molar-refractivity contribution in [3.63, 3.8) is 0 Å². The van der Waals surface area contributed by atoms with Gasteiger partial charge in [0.1, 0.15) is 17.3 Å². The number of aromatic carboxylic acids is 1. The predicted octanol–water partition coefficient (Wildman–Crippen LogP) is 2.29. The second kappa shape index (κ2) is 4.21. The SMILES string of the molecule is O=C(O)c1cc(-c2ccc(F)cc2O)ccn1. The summed E-state index contributed by atoms with van der Waals surface area (Å²) in [6, 6.07) is 6.40. The normalized spacial score (nSPS) is 10.2. The quantitative estimate of drug-likeness (QED) is 0.834. The van der Waals surface area contributed by atoms with Crippen LogP contribution in [0, 0.1) is 5.82 Å². The first-order valence-corrected chi connectivity index (χ1v) is 4.76. The lowest BCUT2D eigenvalue weighted by molar-refractivity contribution is 0.0690. The molecule has 17 heavy (non-hydrogen) atoms. The van der Waals surface area contributed by atoms with E-state index in [2.05, 4.69) is 4.98 Å². The minimum Gasteiger partial charge on any atom is -0.507 e. The van der Waals surface area contributed by atoms with Crippen LogP contribution >= 0.6 is 0 Å². The van der Waals surface area contributed by atoms with Gasteiger partial charge in [-0.05, 0) is 29.8 Å². The first kappa shape index (κ1) is 11.1. The van der Waals surface area contributed by atoms with E-state index in [9.17, 15) is 14.3 Å². The van der Waals surface area contributed by atoms with Crippen molar-refractivity contribution in [2.75, 3.05) is 0 Å². The van der Waals surface area contributed by atoms with E-state index >= 15 is 0 Å². The van der Waals surface area contributed by atoms with E-state index < -0.39 is 11.8 Å². The van der Waals surface area contributed by atoms with Gasteiger partial charge in [-0.15, -0.1) is 0 Å². The number of carbonyl (C=O) groups is 1. The van der Waals surface area contributed by atoms with Gasteiger partial charge in [-0.2, -0.15) is 0 Å². The molecular weight excluding hydrogens is 225 g/mol. The van der Waals surface area contributed by atoms with Gasteiger partial charge in [0.15, 0.2) is 0 Å². The van der Waals surface area contributed by atoms with E-state index in [1.54, 1.807) is 6.07 Å². The molecule has 2 N–H and O–H groups in total. The lowest BCUT2D eigenvalue weighted by Crippen LogP contribution is -1.99. The summed E-state index contributed by atoms with van der Waals surface area (Å²) in [6.45, 7) is 0. The fourth-order valence-electron chi connectivity index (χ4n) is 1.46. The number of hydrogen-bond acceptors (Lipinski definition) is 3. The molecule has 2 rings (SSSR count). The molecule has 1 heterocycles. The number of benzene rings is 1. The number of aromatic hydroxyl groups is 1. The van der Waals surface area contributed by atoms with E-state index in [0.717, 1.165) is 6.07 Å². The third kappa shape index (κ3) is 2.23. The Balaban J connectivity index is 2.53.